The van der Waals surface area contributed by atoms with E-state index < -0.39 is 23.6 Å². The molecule has 2 aromatic rings. The largest absolute Gasteiger partial charge is 0.419 e. The number of amides is 2. The lowest BCUT2D eigenvalue weighted by Gasteiger charge is -2.34. The molecule has 0 aromatic heterocycles. The second-order valence-electron chi connectivity index (χ2n) is 11.1. The standard InChI is InChI=1S/C29H34F4N4O2/c1-35-13-15-36(16-14-35)11-2-12-37(27(39)34-22-7-8-25(30)23(17-22)29(31,32)33)26-9-10-28(18-24(26)28)21-5-3-20(19-38)4-6-21/h3-8,17,19,24,26H,2,9-16,18H2,1H3,(H,34,39)/t24-,26-,28-/m1/s1. The minimum Gasteiger partial charge on any atom is -0.321 e. The first kappa shape index (κ1) is 27.6. The summed E-state index contributed by atoms with van der Waals surface area (Å²) in [7, 11) is 2.09. The summed E-state index contributed by atoms with van der Waals surface area (Å²) in [6.45, 7) is 5.22. The first-order valence-electron chi connectivity index (χ1n) is 13.5. The molecular formula is C29H34F4N4O2. The molecule has 3 aliphatic rings. The Hall–Kier alpha value is -2.98. The molecule has 0 spiro atoms. The van der Waals surface area contributed by atoms with Crippen molar-refractivity contribution < 1.29 is 27.2 Å². The van der Waals surface area contributed by atoms with Gasteiger partial charge in [0.15, 0.2) is 0 Å². The number of benzene rings is 2. The topological polar surface area (TPSA) is 55.9 Å². The molecule has 1 saturated heterocycles. The number of anilines is 1. The van der Waals surface area contributed by atoms with Crippen molar-refractivity contribution in [1.82, 2.24) is 14.7 Å². The van der Waals surface area contributed by atoms with Crippen molar-refractivity contribution in [2.45, 2.75) is 43.3 Å². The summed E-state index contributed by atoms with van der Waals surface area (Å²) < 4.78 is 53.6. The van der Waals surface area contributed by atoms with Crippen LogP contribution in [0.3, 0.4) is 0 Å². The Morgan fingerprint density at radius 1 is 1.13 bits per heavy atom. The van der Waals surface area contributed by atoms with Gasteiger partial charge in [0.05, 0.1) is 5.56 Å². The van der Waals surface area contributed by atoms with Crippen LogP contribution in [0.4, 0.5) is 28.0 Å². The molecule has 39 heavy (non-hydrogen) atoms. The monoisotopic (exact) mass is 546 g/mol. The molecule has 2 amide bonds. The molecule has 10 heteroatoms. The molecule has 5 rings (SSSR count). The van der Waals surface area contributed by atoms with Gasteiger partial charge in [-0.25, -0.2) is 9.18 Å². The average molecular weight is 547 g/mol. The number of carbonyl (C=O) groups excluding carboxylic acids is 2. The maximum atomic E-state index is 13.8. The third-order valence-corrected chi connectivity index (χ3v) is 8.76. The molecule has 2 aliphatic carbocycles. The van der Waals surface area contributed by atoms with Crippen LogP contribution in [0.15, 0.2) is 42.5 Å². The molecule has 0 bridgehead atoms. The Labute approximate surface area is 225 Å². The van der Waals surface area contributed by atoms with Crippen LogP contribution < -0.4 is 5.32 Å². The summed E-state index contributed by atoms with van der Waals surface area (Å²) >= 11 is 0. The van der Waals surface area contributed by atoms with Crippen LogP contribution in [-0.2, 0) is 11.6 Å². The number of rotatable bonds is 8. The van der Waals surface area contributed by atoms with Gasteiger partial charge in [-0.15, -0.1) is 0 Å². The molecule has 0 radical (unpaired) electrons. The SMILES string of the molecule is CN1CCN(CCCN(C(=O)Nc2ccc(F)c(C(F)(F)F)c2)[C@@H]2CC[C@]3(c4ccc(C=O)cc4)C[C@H]23)CC1. The zero-order valence-corrected chi connectivity index (χ0v) is 22.0. The number of alkyl halides is 3. The molecule has 0 unspecified atom stereocenters. The van der Waals surface area contributed by atoms with Crippen molar-refractivity contribution in [3.63, 3.8) is 0 Å². The number of halogens is 4. The van der Waals surface area contributed by atoms with E-state index in [0.29, 0.717) is 18.2 Å². The number of carbonyl (C=O) groups is 2. The number of likely N-dealkylation sites (N-methyl/N-ethyl adjacent to an activating group) is 1. The fourth-order valence-electron chi connectivity index (χ4n) is 6.44. The van der Waals surface area contributed by atoms with E-state index in [1.165, 1.54) is 0 Å². The van der Waals surface area contributed by atoms with E-state index in [0.717, 1.165) is 82.4 Å². The van der Waals surface area contributed by atoms with E-state index in [4.69, 9.17) is 0 Å². The number of piperazine rings is 1. The number of nitrogens with one attached hydrogen (secondary N) is 1. The quantitative estimate of drug-likeness (QED) is 0.363. The highest BCUT2D eigenvalue weighted by atomic mass is 19.4. The molecule has 210 valence electrons. The molecular weight excluding hydrogens is 512 g/mol. The van der Waals surface area contributed by atoms with Gasteiger partial charge in [0, 0.05) is 55.4 Å². The van der Waals surface area contributed by atoms with Crippen LogP contribution in [0.25, 0.3) is 0 Å². The first-order valence-corrected chi connectivity index (χ1v) is 13.5. The van der Waals surface area contributed by atoms with Gasteiger partial charge in [0.2, 0.25) is 0 Å². The third-order valence-electron chi connectivity index (χ3n) is 8.76. The van der Waals surface area contributed by atoms with Crippen LogP contribution in [0.1, 0.15) is 47.2 Å². The Balaban J connectivity index is 1.31. The van der Waals surface area contributed by atoms with E-state index in [-0.39, 0.29) is 23.1 Å². The Kier molecular flexibility index (Phi) is 7.70. The van der Waals surface area contributed by atoms with Gasteiger partial charge in [0.25, 0.3) is 0 Å². The zero-order valence-electron chi connectivity index (χ0n) is 22.0. The fraction of sp³-hybridized carbons (Fsp3) is 0.517. The molecule has 1 heterocycles. The van der Waals surface area contributed by atoms with Gasteiger partial charge in [0.1, 0.15) is 12.1 Å². The van der Waals surface area contributed by atoms with Crippen LogP contribution in [-0.4, -0.2) is 79.4 Å². The van der Waals surface area contributed by atoms with Crippen molar-refractivity contribution >= 4 is 18.0 Å². The summed E-state index contributed by atoms with van der Waals surface area (Å²) in [4.78, 5) is 31.1. The summed E-state index contributed by atoms with van der Waals surface area (Å²) in [6.07, 6.45) is -0.673. The number of hydrogen-bond acceptors (Lipinski definition) is 4. The minimum atomic E-state index is -4.86. The summed E-state index contributed by atoms with van der Waals surface area (Å²) in [6, 6.07) is 9.64. The van der Waals surface area contributed by atoms with Gasteiger partial charge in [-0.1, -0.05) is 24.3 Å². The minimum absolute atomic E-state index is 0.0403. The molecule has 2 aromatic carbocycles. The normalized spacial score (nSPS) is 25.3. The second-order valence-corrected chi connectivity index (χ2v) is 11.1. The van der Waals surface area contributed by atoms with Gasteiger partial charge in [-0.2, -0.15) is 13.2 Å². The third kappa shape index (κ3) is 5.82. The van der Waals surface area contributed by atoms with Crippen molar-refractivity contribution in [1.29, 1.82) is 0 Å². The maximum absolute atomic E-state index is 13.8. The van der Waals surface area contributed by atoms with Gasteiger partial charge < -0.3 is 20.0 Å². The van der Waals surface area contributed by atoms with Crippen LogP contribution in [0.2, 0.25) is 0 Å². The molecule has 3 fully saturated rings. The lowest BCUT2D eigenvalue weighted by molar-refractivity contribution is -0.139. The summed E-state index contributed by atoms with van der Waals surface area (Å²) in [5.74, 6) is -1.13. The van der Waals surface area contributed by atoms with Gasteiger partial charge >= 0.3 is 12.2 Å². The van der Waals surface area contributed by atoms with Crippen LogP contribution in [0, 0.1) is 11.7 Å². The number of urea groups is 1. The number of hydrogen-bond donors (Lipinski definition) is 1. The Morgan fingerprint density at radius 2 is 1.85 bits per heavy atom. The number of nitrogens with zero attached hydrogens (tertiary/aromatic N) is 3. The number of fused-ring (bicyclic) bond motifs is 1. The Morgan fingerprint density at radius 3 is 2.49 bits per heavy atom. The fourth-order valence-corrected chi connectivity index (χ4v) is 6.44. The predicted molar refractivity (Wildman–Crippen MR) is 140 cm³/mol. The summed E-state index contributed by atoms with van der Waals surface area (Å²) in [5, 5.41) is 2.62. The molecule has 1 N–H and O–H groups in total. The summed E-state index contributed by atoms with van der Waals surface area (Å²) in [5.41, 5.74) is 0.252. The highest BCUT2D eigenvalue weighted by Gasteiger charge is 2.64. The van der Waals surface area contributed by atoms with Crippen molar-refractivity contribution in [3.05, 3.63) is 65.0 Å². The second kappa shape index (κ2) is 10.9. The van der Waals surface area contributed by atoms with E-state index in [2.05, 4.69) is 22.2 Å². The van der Waals surface area contributed by atoms with Crippen molar-refractivity contribution in [2.75, 3.05) is 51.6 Å². The molecule has 1 aliphatic heterocycles. The molecule has 3 atom stereocenters. The van der Waals surface area contributed by atoms with E-state index in [9.17, 15) is 27.2 Å². The van der Waals surface area contributed by atoms with E-state index >= 15 is 0 Å². The molecule has 6 nitrogen and oxygen atoms in total. The van der Waals surface area contributed by atoms with Crippen LogP contribution in [0.5, 0.6) is 0 Å². The van der Waals surface area contributed by atoms with Crippen LogP contribution >= 0.6 is 0 Å². The smallest absolute Gasteiger partial charge is 0.321 e. The lowest BCUT2D eigenvalue weighted by Crippen LogP contribution is -2.47. The van der Waals surface area contributed by atoms with Gasteiger partial charge in [-0.05, 0) is 69.0 Å². The first-order chi connectivity index (χ1) is 18.6. The number of aldehydes is 1. The van der Waals surface area contributed by atoms with Crippen molar-refractivity contribution in [2.24, 2.45) is 5.92 Å². The predicted octanol–water partition coefficient (Wildman–Crippen LogP) is 5.25. The molecule has 2 saturated carbocycles. The van der Waals surface area contributed by atoms with E-state index in [1.807, 2.05) is 24.3 Å². The lowest BCUT2D eigenvalue weighted by atomic mass is 9.93. The zero-order chi connectivity index (χ0) is 27.8. The Bertz CT molecular complexity index is 1200. The highest BCUT2D eigenvalue weighted by Crippen LogP contribution is 2.65. The average Bonchev–Trinajstić information content (AvgIpc) is 3.54. The van der Waals surface area contributed by atoms with Crippen molar-refractivity contribution in [3.8, 4) is 0 Å². The highest BCUT2D eigenvalue weighted by molar-refractivity contribution is 5.89. The van der Waals surface area contributed by atoms with Gasteiger partial charge in [-0.3, -0.25) is 4.79 Å². The van der Waals surface area contributed by atoms with E-state index in [1.54, 1.807) is 4.90 Å². The maximum Gasteiger partial charge on any atom is 0.419 e.